The number of phenols is 2. The summed E-state index contributed by atoms with van der Waals surface area (Å²) in [6.45, 7) is 2.96. The number of rotatable bonds is 5. The first-order chi connectivity index (χ1) is 7.88. The Bertz CT molecular complexity index is 375. The molecule has 0 fully saturated rings. The number of ether oxygens (including phenoxy) is 1. The smallest absolute Gasteiger partial charge is 0.163 e. The van der Waals surface area contributed by atoms with Gasteiger partial charge in [0, 0.05) is 5.56 Å². The van der Waals surface area contributed by atoms with Crippen LogP contribution in [0.15, 0.2) is 18.2 Å². The molecule has 1 aromatic carbocycles. The summed E-state index contributed by atoms with van der Waals surface area (Å²) in [6, 6.07) is 4.59. The van der Waals surface area contributed by atoms with Gasteiger partial charge in [-0.15, -0.1) is 0 Å². The van der Waals surface area contributed by atoms with Gasteiger partial charge in [-0.05, 0) is 19.9 Å². The minimum Gasteiger partial charge on any atom is -0.504 e. The largest absolute Gasteiger partial charge is 0.504 e. The molecule has 1 aromatic rings. The van der Waals surface area contributed by atoms with Gasteiger partial charge in [-0.25, -0.2) is 0 Å². The number of hydrogen-bond acceptors (Lipinski definition) is 5. The van der Waals surface area contributed by atoms with Crippen molar-refractivity contribution in [2.45, 2.75) is 25.6 Å². The zero-order chi connectivity index (χ0) is 13.1. The van der Waals surface area contributed by atoms with E-state index in [2.05, 4.69) is 0 Å². The number of aliphatic hydroxyl groups is 2. The summed E-state index contributed by atoms with van der Waals surface area (Å²) in [7, 11) is 0. The number of phenolic OH excluding ortho intramolecular Hbond substituents is 2. The van der Waals surface area contributed by atoms with Crippen LogP contribution in [0.5, 0.6) is 11.5 Å². The lowest BCUT2D eigenvalue weighted by Crippen LogP contribution is -2.29. The molecule has 1 rings (SSSR count). The van der Waals surface area contributed by atoms with E-state index in [1.54, 1.807) is 26.0 Å². The monoisotopic (exact) mass is 242 g/mol. The molecule has 96 valence electrons. The Kier molecular flexibility index (Phi) is 4.34. The van der Waals surface area contributed by atoms with Gasteiger partial charge < -0.3 is 25.2 Å². The molecule has 0 aliphatic heterocycles. The van der Waals surface area contributed by atoms with E-state index < -0.39 is 11.7 Å². The van der Waals surface area contributed by atoms with Crippen molar-refractivity contribution in [3.63, 3.8) is 0 Å². The summed E-state index contributed by atoms with van der Waals surface area (Å²) in [5, 5.41) is 37.0. The van der Waals surface area contributed by atoms with Crippen LogP contribution in [-0.2, 0) is 10.3 Å². The second-order valence-corrected chi connectivity index (χ2v) is 4.33. The van der Waals surface area contributed by atoms with Crippen LogP contribution in [0.2, 0.25) is 0 Å². The molecule has 1 atom stereocenters. The lowest BCUT2D eigenvalue weighted by Gasteiger charge is -2.27. The third kappa shape index (κ3) is 3.33. The van der Waals surface area contributed by atoms with Gasteiger partial charge in [0.1, 0.15) is 6.10 Å². The van der Waals surface area contributed by atoms with E-state index in [0.717, 1.165) is 0 Å². The van der Waals surface area contributed by atoms with Crippen LogP contribution in [0.4, 0.5) is 0 Å². The van der Waals surface area contributed by atoms with Gasteiger partial charge in [0.15, 0.2) is 11.5 Å². The van der Waals surface area contributed by atoms with Crippen LogP contribution in [-0.4, -0.2) is 39.7 Å². The van der Waals surface area contributed by atoms with E-state index in [9.17, 15) is 15.3 Å². The number of aromatic hydroxyl groups is 2. The third-order valence-electron chi connectivity index (χ3n) is 2.51. The van der Waals surface area contributed by atoms with Gasteiger partial charge in [-0.1, -0.05) is 12.1 Å². The number of para-hydroxylation sites is 1. The Morgan fingerprint density at radius 1 is 1.29 bits per heavy atom. The zero-order valence-electron chi connectivity index (χ0n) is 9.92. The quantitative estimate of drug-likeness (QED) is 0.571. The van der Waals surface area contributed by atoms with Gasteiger partial charge in [0.2, 0.25) is 0 Å². The minimum atomic E-state index is -0.964. The topological polar surface area (TPSA) is 90.2 Å². The molecule has 5 nitrogen and oxygen atoms in total. The van der Waals surface area contributed by atoms with Gasteiger partial charge in [0.05, 0.1) is 18.8 Å². The SMILES string of the molecule is CC(C)(OCC(O)CO)c1cccc(O)c1O. The summed E-state index contributed by atoms with van der Waals surface area (Å²) >= 11 is 0. The van der Waals surface area contributed by atoms with Crippen molar-refractivity contribution >= 4 is 0 Å². The third-order valence-corrected chi connectivity index (χ3v) is 2.51. The van der Waals surface area contributed by atoms with Crippen LogP contribution < -0.4 is 0 Å². The molecular weight excluding hydrogens is 224 g/mol. The Balaban J connectivity index is 2.85. The lowest BCUT2D eigenvalue weighted by molar-refractivity contribution is -0.0750. The molecule has 4 N–H and O–H groups in total. The van der Waals surface area contributed by atoms with Crippen molar-refractivity contribution in [2.24, 2.45) is 0 Å². The number of aliphatic hydroxyl groups excluding tert-OH is 2. The Morgan fingerprint density at radius 2 is 1.94 bits per heavy atom. The second kappa shape index (κ2) is 5.35. The zero-order valence-corrected chi connectivity index (χ0v) is 9.92. The highest BCUT2D eigenvalue weighted by Crippen LogP contribution is 2.37. The maximum atomic E-state index is 9.71. The average Bonchev–Trinajstić information content (AvgIpc) is 2.29. The van der Waals surface area contributed by atoms with Crippen LogP contribution in [0.3, 0.4) is 0 Å². The fourth-order valence-corrected chi connectivity index (χ4v) is 1.45. The van der Waals surface area contributed by atoms with Crippen LogP contribution >= 0.6 is 0 Å². The fourth-order valence-electron chi connectivity index (χ4n) is 1.45. The first-order valence-electron chi connectivity index (χ1n) is 5.32. The molecule has 0 radical (unpaired) electrons. The molecule has 0 heterocycles. The van der Waals surface area contributed by atoms with Crippen molar-refractivity contribution in [1.29, 1.82) is 0 Å². The van der Waals surface area contributed by atoms with Crippen LogP contribution in [0.1, 0.15) is 19.4 Å². The first-order valence-corrected chi connectivity index (χ1v) is 5.32. The average molecular weight is 242 g/mol. The summed E-state index contributed by atoms with van der Waals surface area (Å²) in [4.78, 5) is 0. The Morgan fingerprint density at radius 3 is 2.53 bits per heavy atom. The summed E-state index contributed by atoms with van der Waals surface area (Å²) in [5.41, 5.74) is -0.457. The van der Waals surface area contributed by atoms with Gasteiger partial charge in [-0.2, -0.15) is 0 Å². The molecule has 0 saturated heterocycles. The predicted octanol–water partition coefficient (Wildman–Crippen LogP) is 0.703. The van der Waals surface area contributed by atoms with E-state index in [0.29, 0.717) is 5.56 Å². The molecule has 1 unspecified atom stereocenters. The molecule has 0 saturated carbocycles. The molecule has 17 heavy (non-hydrogen) atoms. The van der Waals surface area contributed by atoms with E-state index in [1.807, 2.05) is 0 Å². The molecule has 0 aromatic heterocycles. The highest BCUT2D eigenvalue weighted by molar-refractivity contribution is 5.46. The predicted molar refractivity (Wildman–Crippen MR) is 61.8 cm³/mol. The lowest BCUT2D eigenvalue weighted by atomic mass is 9.96. The van der Waals surface area contributed by atoms with Gasteiger partial charge in [-0.3, -0.25) is 0 Å². The maximum Gasteiger partial charge on any atom is 0.163 e. The van der Waals surface area contributed by atoms with Gasteiger partial charge in [0.25, 0.3) is 0 Å². The molecule has 0 bridgehead atoms. The summed E-state index contributed by atoms with van der Waals surface area (Å²) in [6.07, 6.45) is -0.964. The van der Waals surface area contributed by atoms with Crippen molar-refractivity contribution in [2.75, 3.05) is 13.2 Å². The van der Waals surface area contributed by atoms with E-state index in [1.165, 1.54) is 6.07 Å². The standard InChI is InChI=1S/C12H18O5/c1-12(2,17-7-8(14)6-13)9-4-3-5-10(15)11(9)16/h3-5,8,13-16H,6-7H2,1-2H3. The summed E-state index contributed by atoms with van der Waals surface area (Å²) < 4.78 is 5.42. The number of benzene rings is 1. The number of hydrogen-bond donors (Lipinski definition) is 4. The van der Waals surface area contributed by atoms with E-state index in [4.69, 9.17) is 9.84 Å². The van der Waals surface area contributed by atoms with Crippen molar-refractivity contribution < 1.29 is 25.2 Å². The van der Waals surface area contributed by atoms with Crippen LogP contribution in [0.25, 0.3) is 0 Å². The van der Waals surface area contributed by atoms with Crippen molar-refractivity contribution in [3.8, 4) is 11.5 Å². The van der Waals surface area contributed by atoms with E-state index in [-0.39, 0.29) is 24.7 Å². The maximum absolute atomic E-state index is 9.71. The highest BCUT2D eigenvalue weighted by Gasteiger charge is 2.26. The van der Waals surface area contributed by atoms with E-state index >= 15 is 0 Å². The minimum absolute atomic E-state index is 0.0569. The highest BCUT2D eigenvalue weighted by atomic mass is 16.5. The molecule has 0 amide bonds. The molecule has 0 aliphatic carbocycles. The Labute approximate surface area is 99.9 Å². The van der Waals surface area contributed by atoms with Gasteiger partial charge >= 0.3 is 0 Å². The molecular formula is C12H18O5. The normalized spacial score (nSPS) is 13.6. The first kappa shape index (κ1) is 13.8. The van der Waals surface area contributed by atoms with Crippen LogP contribution in [0, 0.1) is 0 Å². The second-order valence-electron chi connectivity index (χ2n) is 4.33. The molecule has 0 spiro atoms. The molecule has 0 aliphatic rings. The summed E-state index contributed by atoms with van der Waals surface area (Å²) in [5.74, 6) is -0.460. The van der Waals surface area contributed by atoms with Crippen molar-refractivity contribution in [3.05, 3.63) is 23.8 Å². The molecule has 5 heteroatoms. The van der Waals surface area contributed by atoms with Crippen molar-refractivity contribution in [1.82, 2.24) is 0 Å². The Hall–Kier alpha value is -1.30. The fraction of sp³-hybridized carbons (Fsp3) is 0.500.